The fourth-order valence-electron chi connectivity index (χ4n) is 2.72. The van der Waals surface area contributed by atoms with Gasteiger partial charge in [0.05, 0.1) is 25.5 Å². The van der Waals surface area contributed by atoms with Crippen LogP contribution in [0.2, 0.25) is 0 Å². The van der Waals surface area contributed by atoms with Crippen molar-refractivity contribution < 1.29 is 19.4 Å². The highest BCUT2D eigenvalue weighted by molar-refractivity contribution is 9.10. The van der Waals surface area contributed by atoms with Crippen molar-refractivity contribution >= 4 is 38.8 Å². The first kappa shape index (κ1) is 19.7. The number of hydrogen-bond donors (Lipinski definition) is 2. The Morgan fingerprint density at radius 3 is 2.57 bits per heavy atom. The lowest BCUT2D eigenvalue weighted by Gasteiger charge is -2.10. The molecule has 3 rings (SSSR count). The van der Waals surface area contributed by atoms with Crippen molar-refractivity contribution in [2.24, 2.45) is 5.10 Å². The van der Waals surface area contributed by atoms with Crippen LogP contribution in [0.3, 0.4) is 0 Å². The van der Waals surface area contributed by atoms with E-state index in [1.54, 1.807) is 12.1 Å². The number of ether oxygens (including phenoxy) is 2. The topological polar surface area (TPSA) is 80.2 Å². The Hall–Kier alpha value is -3.06. The van der Waals surface area contributed by atoms with Gasteiger partial charge < -0.3 is 14.6 Å². The van der Waals surface area contributed by atoms with Crippen LogP contribution in [-0.4, -0.2) is 30.9 Å². The summed E-state index contributed by atoms with van der Waals surface area (Å²) in [4.78, 5) is 12.6. The van der Waals surface area contributed by atoms with Crippen molar-refractivity contribution in [2.45, 2.75) is 6.92 Å². The first-order valence-corrected chi connectivity index (χ1v) is 9.38. The van der Waals surface area contributed by atoms with E-state index in [2.05, 4.69) is 26.5 Å². The summed E-state index contributed by atoms with van der Waals surface area (Å²) in [5.41, 5.74) is 3.54. The Labute approximate surface area is 170 Å². The molecular weight excluding hydrogens is 424 g/mol. The van der Waals surface area contributed by atoms with Gasteiger partial charge in [-0.3, -0.25) is 4.79 Å². The molecule has 28 heavy (non-hydrogen) atoms. The molecule has 6 nitrogen and oxygen atoms in total. The maximum Gasteiger partial charge on any atom is 0.275 e. The lowest BCUT2D eigenvalue weighted by Crippen LogP contribution is -2.18. The Morgan fingerprint density at radius 2 is 1.89 bits per heavy atom. The fraction of sp³-hybridized carbons (Fsp3) is 0.143. The molecular formula is C21H19BrN2O4. The number of fused-ring (bicyclic) bond motifs is 1. The molecule has 0 spiro atoms. The molecule has 0 aliphatic carbocycles. The molecule has 3 aromatic rings. The summed E-state index contributed by atoms with van der Waals surface area (Å²) >= 11 is 3.35. The lowest BCUT2D eigenvalue weighted by molar-refractivity contribution is 0.0952. The molecule has 0 aromatic heterocycles. The van der Waals surface area contributed by atoms with Gasteiger partial charge in [0.15, 0.2) is 11.5 Å². The second-order valence-electron chi connectivity index (χ2n) is 5.87. The number of halogens is 1. The maximum absolute atomic E-state index is 12.6. The molecule has 0 bridgehead atoms. The summed E-state index contributed by atoms with van der Waals surface area (Å²) < 4.78 is 11.3. The molecule has 144 valence electrons. The second-order valence-corrected chi connectivity index (χ2v) is 6.73. The summed E-state index contributed by atoms with van der Waals surface area (Å²) in [5.74, 6) is 0.445. The number of hydrogen-bond acceptors (Lipinski definition) is 5. The Balaban J connectivity index is 1.82. The number of amides is 1. The van der Waals surface area contributed by atoms with Gasteiger partial charge in [-0.05, 0) is 57.9 Å². The molecule has 0 unspecified atom stereocenters. The van der Waals surface area contributed by atoms with E-state index in [0.29, 0.717) is 33.7 Å². The SMILES string of the molecule is CCOc1cc(C=NNC(=O)c2cc3ccccc3cc2OC)c(Br)cc1O. The molecule has 0 aliphatic heterocycles. The molecule has 0 saturated carbocycles. The number of methoxy groups -OCH3 is 1. The molecule has 0 heterocycles. The van der Waals surface area contributed by atoms with E-state index in [4.69, 9.17) is 9.47 Å². The summed E-state index contributed by atoms with van der Waals surface area (Å²) in [7, 11) is 1.52. The van der Waals surface area contributed by atoms with Crippen LogP contribution < -0.4 is 14.9 Å². The molecule has 1 amide bonds. The zero-order chi connectivity index (χ0) is 20.1. The van der Waals surface area contributed by atoms with E-state index in [1.807, 2.05) is 37.3 Å². The first-order chi connectivity index (χ1) is 13.5. The van der Waals surface area contributed by atoms with E-state index < -0.39 is 5.91 Å². The Bertz CT molecular complexity index is 1050. The highest BCUT2D eigenvalue weighted by atomic mass is 79.9. The second kappa shape index (κ2) is 8.75. The molecule has 2 N–H and O–H groups in total. The van der Waals surface area contributed by atoms with Crippen molar-refractivity contribution in [3.05, 3.63) is 64.1 Å². The smallest absolute Gasteiger partial charge is 0.275 e. The van der Waals surface area contributed by atoms with Crippen LogP contribution in [0.4, 0.5) is 0 Å². The number of rotatable bonds is 6. The molecule has 0 saturated heterocycles. The van der Waals surface area contributed by atoms with Crippen LogP contribution in [0.1, 0.15) is 22.8 Å². The Morgan fingerprint density at radius 1 is 1.18 bits per heavy atom. The number of aromatic hydroxyl groups is 1. The molecule has 0 aliphatic rings. The van der Waals surface area contributed by atoms with E-state index in [1.165, 1.54) is 19.4 Å². The van der Waals surface area contributed by atoms with Gasteiger partial charge in [-0.1, -0.05) is 24.3 Å². The number of carbonyl (C=O) groups is 1. The number of benzene rings is 3. The third-order valence-electron chi connectivity index (χ3n) is 4.06. The summed E-state index contributed by atoms with van der Waals surface area (Å²) in [6.07, 6.45) is 1.47. The lowest BCUT2D eigenvalue weighted by atomic mass is 10.1. The fourth-order valence-corrected chi connectivity index (χ4v) is 3.15. The normalized spacial score (nSPS) is 11.0. The predicted octanol–water partition coefficient (Wildman–Crippen LogP) is 4.48. The molecule has 0 radical (unpaired) electrons. The maximum atomic E-state index is 12.6. The molecule has 7 heteroatoms. The standard InChI is InChI=1S/C21H19BrN2O4/c1-3-28-20-10-15(17(22)11-18(20)25)12-23-24-21(26)16-8-13-6-4-5-7-14(13)9-19(16)27-2/h4-12,25H,3H2,1-2H3,(H,24,26). The van der Waals surface area contributed by atoms with Gasteiger partial charge in [0.25, 0.3) is 5.91 Å². The quantitative estimate of drug-likeness (QED) is 0.435. The monoisotopic (exact) mass is 442 g/mol. The third kappa shape index (κ3) is 4.26. The van der Waals surface area contributed by atoms with Crippen LogP contribution in [-0.2, 0) is 0 Å². The minimum atomic E-state index is -0.390. The van der Waals surface area contributed by atoms with Crippen molar-refractivity contribution in [3.63, 3.8) is 0 Å². The number of phenolic OH excluding ortho intramolecular Hbond substituents is 1. The average Bonchev–Trinajstić information content (AvgIpc) is 2.70. The van der Waals surface area contributed by atoms with Crippen molar-refractivity contribution in [1.29, 1.82) is 0 Å². The van der Waals surface area contributed by atoms with Crippen LogP contribution in [0.25, 0.3) is 10.8 Å². The highest BCUT2D eigenvalue weighted by Gasteiger charge is 2.13. The van der Waals surface area contributed by atoms with Crippen LogP contribution in [0.5, 0.6) is 17.2 Å². The summed E-state index contributed by atoms with van der Waals surface area (Å²) in [5, 5.41) is 15.8. The third-order valence-corrected chi connectivity index (χ3v) is 4.75. The predicted molar refractivity (Wildman–Crippen MR) is 113 cm³/mol. The van der Waals surface area contributed by atoms with Crippen LogP contribution in [0, 0.1) is 0 Å². The number of hydrazone groups is 1. The average molecular weight is 443 g/mol. The summed E-state index contributed by atoms with van der Waals surface area (Å²) in [6.45, 7) is 2.25. The van der Waals surface area contributed by atoms with Gasteiger partial charge in [-0.2, -0.15) is 5.10 Å². The van der Waals surface area contributed by atoms with Gasteiger partial charge >= 0.3 is 0 Å². The number of phenols is 1. The minimum absolute atomic E-state index is 0.0239. The van der Waals surface area contributed by atoms with Crippen LogP contribution in [0.15, 0.2) is 58.1 Å². The van der Waals surface area contributed by atoms with Crippen molar-refractivity contribution in [2.75, 3.05) is 13.7 Å². The van der Waals surface area contributed by atoms with Crippen LogP contribution >= 0.6 is 15.9 Å². The highest BCUT2D eigenvalue weighted by Crippen LogP contribution is 2.32. The zero-order valence-electron chi connectivity index (χ0n) is 15.4. The van der Waals surface area contributed by atoms with E-state index in [-0.39, 0.29) is 5.75 Å². The summed E-state index contributed by atoms with van der Waals surface area (Å²) in [6, 6.07) is 14.5. The molecule has 0 atom stereocenters. The van der Waals surface area contributed by atoms with Gasteiger partial charge in [-0.15, -0.1) is 0 Å². The minimum Gasteiger partial charge on any atom is -0.504 e. The largest absolute Gasteiger partial charge is 0.504 e. The number of nitrogens with zero attached hydrogens (tertiary/aromatic N) is 1. The van der Waals surface area contributed by atoms with Crippen molar-refractivity contribution in [1.82, 2.24) is 5.43 Å². The first-order valence-electron chi connectivity index (χ1n) is 8.59. The molecule has 0 fully saturated rings. The van der Waals surface area contributed by atoms with E-state index in [0.717, 1.165) is 10.8 Å². The Kier molecular flexibility index (Phi) is 6.16. The van der Waals surface area contributed by atoms with Crippen molar-refractivity contribution in [3.8, 4) is 17.2 Å². The molecule has 3 aromatic carbocycles. The number of carbonyl (C=O) groups excluding carboxylic acids is 1. The van der Waals surface area contributed by atoms with Gasteiger partial charge in [0, 0.05) is 10.0 Å². The van der Waals surface area contributed by atoms with Gasteiger partial charge in [-0.25, -0.2) is 5.43 Å². The number of nitrogens with one attached hydrogen (secondary N) is 1. The zero-order valence-corrected chi connectivity index (χ0v) is 17.0. The van der Waals surface area contributed by atoms with E-state index in [9.17, 15) is 9.90 Å². The van der Waals surface area contributed by atoms with Gasteiger partial charge in [0.1, 0.15) is 5.75 Å². The van der Waals surface area contributed by atoms with E-state index >= 15 is 0 Å². The van der Waals surface area contributed by atoms with Gasteiger partial charge in [0.2, 0.25) is 0 Å².